The lowest BCUT2D eigenvalue weighted by Crippen LogP contribution is -2.29. The molecule has 1 aromatic rings. The van der Waals surface area contributed by atoms with E-state index in [2.05, 4.69) is 0 Å². The van der Waals surface area contributed by atoms with E-state index in [1.165, 1.54) is 0 Å². The van der Waals surface area contributed by atoms with E-state index in [1.807, 2.05) is 0 Å². The standard InChI is InChI=1S/C17H20O6/c1-4-22-17(19)11-6-5-10-14-12(21-3)7-9(20-2)8-13(14)23-16(10)15(11)18/h7-8,10,16,18H,4-6H2,1-3H3/t10-,16+/m0/s1. The molecule has 124 valence electrons. The highest BCUT2D eigenvalue weighted by Crippen LogP contribution is 2.52. The van der Waals surface area contributed by atoms with Gasteiger partial charge in [-0.3, -0.25) is 0 Å². The molecule has 1 aromatic carbocycles. The molecule has 1 aliphatic carbocycles. The van der Waals surface area contributed by atoms with E-state index in [-0.39, 0.29) is 18.3 Å². The number of methoxy groups -OCH3 is 2. The largest absolute Gasteiger partial charge is 0.508 e. The van der Waals surface area contributed by atoms with Crippen molar-refractivity contribution in [3.8, 4) is 17.2 Å². The number of benzene rings is 1. The molecule has 1 N–H and O–H groups in total. The van der Waals surface area contributed by atoms with E-state index in [4.69, 9.17) is 18.9 Å². The van der Waals surface area contributed by atoms with Crippen molar-refractivity contribution in [3.63, 3.8) is 0 Å². The van der Waals surface area contributed by atoms with Gasteiger partial charge >= 0.3 is 5.97 Å². The van der Waals surface area contributed by atoms with Gasteiger partial charge in [-0.05, 0) is 19.8 Å². The van der Waals surface area contributed by atoms with Crippen molar-refractivity contribution >= 4 is 5.97 Å². The maximum absolute atomic E-state index is 12.0. The third kappa shape index (κ3) is 2.48. The van der Waals surface area contributed by atoms with Crippen LogP contribution in [0.1, 0.15) is 31.2 Å². The molecule has 0 spiro atoms. The number of fused-ring (bicyclic) bond motifs is 3. The van der Waals surface area contributed by atoms with Crippen LogP contribution in [0.5, 0.6) is 17.2 Å². The summed E-state index contributed by atoms with van der Waals surface area (Å²) >= 11 is 0. The van der Waals surface area contributed by atoms with Gasteiger partial charge in [0.2, 0.25) is 0 Å². The maximum atomic E-state index is 12.0. The Balaban J connectivity index is 1.99. The number of carbonyl (C=O) groups excluding carboxylic acids is 1. The highest BCUT2D eigenvalue weighted by Gasteiger charge is 2.44. The third-order valence-corrected chi connectivity index (χ3v) is 4.33. The second-order valence-corrected chi connectivity index (χ2v) is 5.51. The Morgan fingerprint density at radius 1 is 1.35 bits per heavy atom. The molecule has 0 fully saturated rings. The normalized spacial score (nSPS) is 22.0. The van der Waals surface area contributed by atoms with Crippen molar-refractivity contribution in [3.05, 3.63) is 29.0 Å². The molecule has 2 aliphatic rings. The van der Waals surface area contributed by atoms with Gasteiger partial charge in [0.25, 0.3) is 0 Å². The summed E-state index contributed by atoms with van der Waals surface area (Å²) in [5.74, 6) is 1.33. The molecule has 2 atom stereocenters. The van der Waals surface area contributed by atoms with Crippen molar-refractivity contribution in [1.82, 2.24) is 0 Å². The zero-order valence-electron chi connectivity index (χ0n) is 13.4. The lowest BCUT2D eigenvalue weighted by Gasteiger charge is -2.26. The van der Waals surface area contributed by atoms with Crippen LogP contribution in [0.2, 0.25) is 0 Å². The predicted molar refractivity (Wildman–Crippen MR) is 82.2 cm³/mol. The van der Waals surface area contributed by atoms with Gasteiger partial charge in [-0.2, -0.15) is 0 Å². The van der Waals surface area contributed by atoms with Crippen LogP contribution >= 0.6 is 0 Å². The first-order valence-electron chi connectivity index (χ1n) is 7.62. The number of carbonyl (C=O) groups is 1. The van der Waals surface area contributed by atoms with Crippen molar-refractivity contribution < 1.29 is 28.8 Å². The van der Waals surface area contributed by atoms with Crippen molar-refractivity contribution in [2.24, 2.45) is 0 Å². The van der Waals surface area contributed by atoms with Gasteiger partial charge in [0.15, 0.2) is 6.10 Å². The Kier molecular flexibility index (Phi) is 4.07. The minimum absolute atomic E-state index is 0.0445. The number of aliphatic hydroxyl groups is 1. The summed E-state index contributed by atoms with van der Waals surface area (Å²) in [4.78, 5) is 12.0. The molecule has 0 amide bonds. The number of ether oxygens (including phenoxy) is 4. The summed E-state index contributed by atoms with van der Waals surface area (Å²) in [6, 6.07) is 3.57. The van der Waals surface area contributed by atoms with Crippen molar-refractivity contribution in [2.75, 3.05) is 20.8 Å². The van der Waals surface area contributed by atoms with Gasteiger partial charge in [0.05, 0.1) is 26.4 Å². The summed E-state index contributed by atoms with van der Waals surface area (Å²) in [5, 5.41) is 10.5. The fourth-order valence-electron chi connectivity index (χ4n) is 3.26. The average molecular weight is 320 g/mol. The maximum Gasteiger partial charge on any atom is 0.337 e. The minimum atomic E-state index is -0.584. The summed E-state index contributed by atoms with van der Waals surface area (Å²) in [5.41, 5.74) is 1.21. The summed E-state index contributed by atoms with van der Waals surface area (Å²) in [6.45, 7) is 2.01. The Bertz CT molecular complexity index is 663. The first-order valence-corrected chi connectivity index (χ1v) is 7.62. The molecule has 1 heterocycles. The fourth-order valence-corrected chi connectivity index (χ4v) is 3.26. The second-order valence-electron chi connectivity index (χ2n) is 5.51. The zero-order chi connectivity index (χ0) is 16.6. The zero-order valence-corrected chi connectivity index (χ0v) is 13.4. The van der Waals surface area contributed by atoms with E-state index in [0.717, 1.165) is 5.56 Å². The molecule has 0 aromatic heterocycles. The third-order valence-electron chi connectivity index (χ3n) is 4.33. The van der Waals surface area contributed by atoms with Gasteiger partial charge in [0, 0.05) is 23.6 Å². The predicted octanol–water partition coefficient (Wildman–Crippen LogP) is 2.72. The van der Waals surface area contributed by atoms with Crippen LogP contribution < -0.4 is 14.2 Å². The average Bonchev–Trinajstić information content (AvgIpc) is 2.94. The number of aliphatic hydroxyl groups excluding tert-OH is 1. The van der Waals surface area contributed by atoms with E-state index in [0.29, 0.717) is 35.7 Å². The molecular formula is C17H20O6. The number of hydrogen-bond acceptors (Lipinski definition) is 6. The molecule has 23 heavy (non-hydrogen) atoms. The molecule has 3 rings (SSSR count). The Morgan fingerprint density at radius 2 is 2.13 bits per heavy atom. The molecule has 6 nitrogen and oxygen atoms in total. The Morgan fingerprint density at radius 3 is 2.78 bits per heavy atom. The van der Waals surface area contributed by atoms with Crippen LogP contribution in [0.15, 0.2) is 23.5 Å². The second kappa shape index (κ2) is 6.02. The van der Waals surface area contributed by atoms with Crippen LogP contribution in [-0.2, 0) is 9.53 Å². The van der Waals surface area contributed by atoms with Gasteiger partial charge in [-0.15, -0.1) is 0 Å². The topological polar surface area (TPSA) is 74.2 Å². The lowest BCUT2D eigenvalue weighted by molar-refractivity contribution is -0.139. The van der Waals surface area contributed by atoms with Crippen LogP contribution in [0.25, 0.3) is 0 Å². The Labute approximate surface area is 134 Å². The fraction of sp³-hybridized carbons (Fsp3) is 0.471. The quantitative estimate of drug-likeness (QED) is 0.860. The van der Waals surface area contributed by atoms with Gasteiger partial charge < -0.3 is 24.1 Å². The summed E-state index contributed by atoms with van der Waals surface area (Å²) < 4.78 is 21.6. The van der Waals surface area contributed by atoms with E-state index in [9.17, 15) is 9.90 Å². The molecule has 6 heteroatoms. The minimum Gasteiger partial charge on any atom is -0.508 e. The monoisotopic (exact) mass is 320 g/mol. The molecule has 0 radical (unpaired) electrons. The molecule has 0 saturated heterocycles. The highest BCUT2D eigenvalue weighted by atomic mass is 16.5. The first-order chi connectivity index (χ1) is 11.1. The lowest BCUT2D eigenvalue weighted by atomic mass is 9.82. The molecule has 0 bridgehead atoms. The van der Waals surface area contributed by atoms with Gasteiger partial charge in [0.1, 0.15) is 23.0 Å². The van der Waals surface area contributed by atoms with Crippen molar-refractivity contribution in [1.29, 1.82) is 0 Å². The van der Waals surface area contributed by atoms with E-state index < -0.39 is 12.1 Å². The first kappa shape index (κ1) is 15.5. The molecule has 0 saturated carbocycles. The number of rotatable bonds is 4. The Hall–Kier alpha value is -2.37. The van der Waals surface area contributed by atoms with Crippen LogP contribution in [0.4, 0.5) is 0 Å². The van der Waals surface area contributed by atoms with Crippen molar-refractivity contribution in [2.45, 2.75) is 31.8 Å². The van der Waals surface area contributed by atoms with Crippen LogP contribution in [0, 0.1) is 0 Å². The number of hydrogen-bond donors (Lipinski definition) is 1. The van der Waals surface area contributed by atoms with Gasteiger partial charge in [-0.25, -0.2) is 4.79 Å². The number of esters is 1. The molecule has 1 aliphatic heterocycles. The summed E-state index contributed by atoms with van der Waals surface area (Å²) in [6.07, 6.45) is 0.543. The van der Waals surface area contributed by atoms with Crippen LogP contribution in [-0.4, -0.2) is 38.0 Å². The smallest absolute Gasteiger partial charge is 0.337 e. The SMILES string of the molecule is CCOC(=O)C1=C(O)[C@@H]2Oc3cc(OC)cc(OC)c3[C@@H]2CC1. The highest BCUT2D eigenvalue weighted by molar-refractivity contribution is 5.89. The van der Waals surface area contributed by atoms with E-state index in [1.54, 1.807) is 33.3 Å². The van der Waals surface area contributed by atoms with E-state index >= 15 is 0 Å². The van der Waals surface area contributed by atoms with Crippen LogP contribution in [0.3, 0.4) is 0 Å². The molecule has 0 unspecified atom stereocenters. The molecular weight excluding hydrogens is 300 g/mol. The van der Waals surface area contributed by atoms with Gasteiger partial charge in [-0.1, -0.05) is 0 Å². The summed E-state index contributed by atoms with van der Waals surface area (Å²) in [7, 11) is 3.16.